The number of hydrogen-bond donors (Lipinski definition) is 0. The molecule has 0 aliphatic carbocycles. The maximum atomic E-state index is 14.4. The van der Waals surface area contributed by atoms with Gasteiger partial charge in [0.15, 0.2) is 11.6 Å². The highest BCUT2D eigenvalue weighted by Gasteiger charge is 2.53. The Kier molecular flexibility index (Phi) is 4.71. The van der Waals surface area contributed by atoms with Gasteiger partial charge in [0.05, 0.1) is 29.4 Å². The fraction of sp³-hybridized carbons (Fsp3) is 0.438. The maximum Gasteiger partial charge on any atom is 0.525 e. The summed E-state index contributed by atoms with van der Waals surface area (Å²) in [6.45, 7) is 6.91. The summed E-state index contributed by atoms with van der Waals surface area (Å²) in [4.78, 5) is 0. The Labute approximate surface area is 139 Å². The number of rotatable bonds is 3. The zero-order valence-electron chi connectivity index (χ0n) is 14.0. The molecule has 128 valence electrons. The van der Waals surface area contributed by atoms with E-state index in [-0.39, 0.29) is 5.56 Å². The molecule has 1 saturated heterocycles. The molecule has 1 aliphatic heterocycles. The van der Waals surface area contributed by atoms with E-state index in [2.05, 4.69) is 0 Å². The smallest absolute Gasteiger partial charge is 0.492 e. The van der Waals surface area contributed by atoms with E-state index in [1.807, 2.05) is 0 Å². The largest absolute Gasteiger partial charge is 0.525 e. The topological polar surface area (TPSA) is 51.5 Å². The molecule has 2 rings (SSSR count). The van der Waals surface area contributed by atoms with Gasteiger partial charge in [0.25, 0.3) is 0 Å². The normalized spacial score (nSPS) is 19.3. The first kappa shape index (κ1) is 18.4. The predicted molar refractivity (Wildman–Crippen MR) is 82.8 cm³/mol. The van der Waals surface area contributed by atoms with Crippen molar-refractivity contribution >= 4 is 13.2 Å². The van der Waals surface area contributed by atoms with Gasteiger partial charge in [0, 0.05) is 0 Å². The second-order valence-electron chi connectivity index (χ2n) is 6.40. The molecule has 4 nitrogen and oxygen atoms in total. The minimum Gasteiger partial charge on any atom is -0.492 e. The number of ether oxygens (including phenoxy) is 1. The molecule has 0 amide bonds. The summed E-state index contributed by atoms with van der Waals surface area (Å²) in [5.74, 6) is -2.70. The van der Waals surface area contributed by atoms with E-state index in [0.29, 0.717) is 6.08 Å². The molecular weight excluding hydrogens is 322 g/mol. The zero-order valence-corrected chi connectivity index (χ0v) is 14.0. The summed E-state index contributed by atoms with van der Waals surface area (Å²) >= 11 is 0. The molecule has 0 N–H and O–H groups in total. The van der Waals surface area contributed by atoms with Gasteiger partial charge in [0.2, 0.25) is 0 Å². The summed E-state index contributed by atoms with van der Waals surface area (Å²) in [5.41, 5.74) is -3.55. The van der Waals surface area contributed by atoms with Crippen molar-refractivity contribution in [1.82, 2.24) is 0 Å². The number of hydrogen-bond acceptors (Lipinski definition) is 4. The van der Waals surface area contributed by atoms with Crippen molar-refractivity contribution in [3.05, 3.63) is 34.6 Å². The van der Waals surface area contributed by atoms with Gasteiger partial charge in [-0.05, 0) is 39.8 Å². The molecule has 0 bridgehead atoms. The maximum absolute atomic E-state index is 14.4. The van der Waals surface area contributed by atoms with Crippen LogP contribution in [-0.2, 0) is 9.31 Å². The lowest BCUT2D eigenvalue weighted by Crippen LogP contribution is -2.41. The third-order valence-electron chi connectivity index (χ3n) is 4.29. The van der Waals surface area contributed by atoms with Gasteiger partial charge in [-0.25, -0.2) is 13.2 Å². The SMILES string of the molecule is COc1c(C#N)cc(F)c(C=C(F)B2OC(C)(C)C(C)(C)O2)c1F. The first-order chi connectivity index (χ1) is 11.0. The van der Waals surface area contributed by atoms with E-state index < -0.39 is 47.0 Å². The van der Waals surface area contributed by atoms with Crippen LogP contribution in [0.5, 0.6) is 5.75 Å². The van der Waals surface area contributed by atoms with Crippen LogP contribution in [0.4, 0.5) is 13.2 Å². The summed E-state index contributed by atoms with van der Waals surface area (Å²) < 4.78 is 58.5. The van der Waals surface area contributed by atoms with Crippen molar-refractivity contribution in [3.63, 3.8) is 0 Å². The van der Waals surface area contributed by atoms with Crippen LogP contribution in [0, 0.1) is 23.0 Å². The van der Waals surface area contributed by atoms with Crippen LogP contribution in [-0.4, -0.2) is 25.4 Å². The summed E-state index contributed by atoms with van der Waals surface area (Å²) in [7, 11) is -0.245. The fourth-order valence-corrected chi connectivity index (χ4v) is 2.19. The number of nitriles is 1. The highest BCUT2D eigenvalue weighted by molar-refractivity contribution is 6.54. The molecular formula is C16H17BF3NO3. The van der Waals surface area contributed by atoms with E-state index in [1.165, 1.54) is 0 Å². The lowest BCUT2D eigenvalue weighted by molar-refractivity contribution is 0.00578. The van der Waals surface area contributed by atoms with E-state index in [1.54, 1.807) is 33.8 Å². The average Bonchev–Trinajstić information content (AvgIpc) is 2.71. The molecule has 1 aromatic carbocycles. The van der Waals surface area contributed by atoms with E-state index in [4.69, 9.17) is 19.3 Å². The molecule has 8 heteroatoms. The second-order valence-corrected chi connectivity index (χ2v) is 6.40. The molecule has 1 fully saturated rings. The third-order valence-corrected chi connectivity index (χ3v) is 4.29. The van der Waals surface area contributed by atoms with Gasteiger partial charge in [-0.1, -0.05) is 0 Å². The molecule has 0 radical (unpaired) electrons. The van der Waals surface area contributed by atoms with Crippen LogP contribution in [0.3, 0.4) is 0 Å². The lowest BCUT2D eigenvalue weighted by atomic mass is 9.86. The minimum atomic E-state index is -1.38. The van der Waals surface area contributed by atoms with Crippen molar-refractivity contribution in [2.24, 2.45) is 0 Å². The Balaban J connectivity index is 2.44. The van der Waals surface area contributed by atoms with Crippen LogP contribution in [0.15, 0.2) is 11.8 Å². The summed E-state index contributed by atoms with van der Waals surface area (Å²) in [6.07, 6.45) is 0.649. The van der Waals surface area contributed by atoms with Gasteiger partial charge >= 0.3 is 7.12 Å². The van der Waals surface area contributed by atoms with Crippen molar-refractivity contribution in [2.75, 3.05) is 7.11 Å². The van der Waals surface area contributed by atoms with Gasteiger partial charge in [-0.2, -0.15) is 5.26 Å². The molecule has 0 aromatic heterocycles. The number of benzene rings is 1. The van der Waals surface area contributed by atoms with Gasteiger partial charge in [-0.15, -0.1) is 0 Å². The van der Waals surface area contributed by atoms with Crippen LogP contribution in [0.1, 0.15) is 38.8 Å². The monoisotopic (exact) mass is 339 g/mol. The Morgan fingerprint density at radius 1 is 1.25 bits per heavy atom. The second kappa shape index (κ2) is 6.15. The minimum absolute atomic E-state index is 0.319. The van der Waals surface area contributed by atoms with Crippen LogP contribution < -0.4 is 4.74 Å². The van der Waals surface area contributed by atoms with Crippen molar-refractivity contribution in [2.45, 2.75) is 38.9 Å². The number of methoxy groups -OCH3 is 1. The van der Waals surface area contributed by atoms with E-state index >= 15 is 0 Å². The Hall–Kier alpha value is -1.98. The van der Waals surface area contributed by atoms with Gasteiger partial charge in [-0.3, -0.25) is 0 Å². The Bertz CT molecular complexity index is 725. The van der Waals surface area contributed by atoms with Crippen LogP contribution in [0.2, 0.25) is 0 Å². The molecule has 0 atom stereocenters. The number of nitrogens with zero attached hydrogens (tertiary/aromatic N) is 1. The molecule has 0 saturated carbocycles. The average molecular weight is 339 g/mol. The van der Waals surface area contributed by atoms with Gasteiger partial charge < -0.3 is 14.0 Å². The first-order valence-electron chi connectivity index (χ1n) is 7.23. The highest BCUT2D eigenvalue weighted by atomic mass is 19.1. The van der Waals surface area contributed by atoms with Crippen molar-refractivity contribution in [3.8, 4) is 11.8 Å². The molecule has 0 unspecified atom stereocenters. The van der Waals surface area contributed by atoms with Crippen molar-refractivity contribution < 1.29 is 27.2 Å². The zero-order chi connectivity index (χ0) is 18.3. The lowest BCUT2D eigenvalue weighted by Gasteiger charge is -2.32. The standard InChI is InChI=1S/C16H17BF3NO3/c1-15(2)16(3,4)24-17(23-15)12(19)7-10-11(18)6-9(8-21)14(22-5)13(10)20/h6-7H,1-5H3. The highest BCUT2D eigenvalue weighted by Crippen LogP contribution is 2.39. The van der Waals surface area contributed by atoms with E-state index in [0.717, 1.165) is 13.2 Å². The Morgan fingerprint density at radius 3 is 2.25 bits per heavy atom. The van der Waals surface area contributed by atoms with Crippen LogP contribution in [0.25, 0.3) is 6.08 Å². The quantitative estimate of drug-likeness (QED) is 0.787. The predicted octanol–water partition coefficient (Wildman–Crippen LogP) is 3.79. The number of halogens is 3. The Morgan fingerprint density at radius 2 is 1.79 bits per heavy atom. The fourth-order valence-electron chi connectivity index (χ4n) is 2.19. The molecule has 0 spiro atoms. The van der Waals surface area contributed by atoms with Crippen molar-refractivity contribution in [1.29, 1.82) is 5.26 Å². The molecule has 1 heterocycles. The molecule has 24 heavy (non-hydrogen) atoms. The van der Waals surface area contributed by atoms with Gasteiger partial charge in [0.1, 0.15) is 17.6 Å². The summed E-state index contributed by atoms with van der Waals surface area (Å²) in [6, 6.07) is 2.40. The summed E-state index contributed by atoms with van der Waals surface area (Å²) in [5, 5.41) is 8.87. The third kappa shape index (κ3) is 3.02. The van der Waals surface area contributed by atoms with E-state index in [9.17, 15) is 13.2 Å². The van der Waals surface area contributed by atoms with Crippen LogP contribution >= 0.6 is 0 Å². The first-order valence-corrected chi connectivity index (χ1v) is 7.23. The molecule has 1 aliphatic rings. The molecule has 1 aromatic rings.